The monoisotopic (exact) mass is 387 g/mol. The summed E-state index contributed by atoms with van der Waals surface area (Å²) in [6.45, 7) is 18.8. The highest BCUT2D eigenvalue weighted by molar-refractivity contribution is 6.74. The predicted octanol–water partition coefficient (Wildman–Crippen LogP) is 4.41. The first-order chi connectivity index (χ1) is 11.7. The molecule has 0 aliphatic rings. The van der Waals surface area contributed by atoms with Crippen molar-refractivity contribution in [3.8, 4) is 0 Å². The molecular formula is C19H37NO5Si. The van der Waals surface area contributed by atoms with Crippen molar-refractivity contribution < 1.29 is 23.5 Å². The number of amides is 1. The maximum atomic E-state index is 12.0. The van der Waals surface area contributed by atoms with Gasteiger partial charge in [0.05, 0.1) is 6.61 Å². The fraction of sp³-hybridized carbons (Fsp3) is 0.789. The fourth-order valence-electron chi connectivity index (χ4n) is 1.68. The lowest BCUT2D eigenvalue weighted by Gasteiger charge is -2.36. The van der Waals surface area contributed by atoms with Crippen molar-refractivity contribution in [2.45, 2.75) is 84.7 Å². The van der Waals surface area contributed by atoms with Gasteiger partial charge in [0.2, 0.25) is 0 Å². The number of carbonyl (C=O) groups is 2. The molecule has 1 N–H and O–H groups in total. The summed E-state index contributed by atoms with van der Waals surface area (Å²) in [6, 6.07) is -0.877. The van der Waals surface area contributed by atoms with Gasteiger partial charge < -0.3 is 19.2 Å². The van der Waals surface area contributed by atoms with E-state index in [9.17, 15) is 9.59 Å². The molecule has 0 unspecified atom stereocenters. The number of carbonyl (C=O) groups excluding carboxylic acids is 2. The number of hydrogen-bond acceptors (Lipinski definition) is 5. The third kappa shape index (κ3) is 9.96. The second kappa shape index (κ2) is 10.1. The van der Waals surface area contributed by atoms with Gasteiger partial charge in [0.15, 0.2) is 8.32 Å². The summed E-state index contributed by atoms with van der Waals surface area (Å²) < 4.78 is 16.3. The fourth-order valence-corrected chi connectivity index (χ4v) is 2.74. The van der Waals surface area contributed by atoms with E-state index in [1.54, 1.807) is 33.8 Å². The van der Waals surface area contributed by atoms with E-state index in [0.717, 1.165) is 0 Å². The van der Waals surface area contributed by atoms with Gasteiger partial charge in [0, 0.05) is 6.61 Å². The van der Waals surface area contributed by atoms with E-state index >= 15 is 0 Å². The summed E-state index contributed by atoms with van der Waals surface area (Å²) >= 11 is 0. The topological polar surface area (TPSA) is 73.9 Å². The van der Waals surface area contributed by atoms with Gasteiger partial charge in [-0.3, -0.25) is 0 Å². The first-order valence-electron chi connectivity index (χ1n) is 9.16. The van der Waals surface area contributed by atoms with Gasteiger partial charge in [0.1, 0.15) is 11.6 Å². The molecule has 0 bridgehead atoms. The maximum absolute atomic E-state index is 12.0. The lowest BCUT2D eigenvalue weighted by Crippen LogP contribution is -2.43. The number of hydrogen-bond donors (Lipinski definition) is 1. The number of ether oxygens (including phenoxy) is 2. The van der Waals surface area contributed by atoms with Crippen LogP contribution in [-0.2, 0) is 18.7 Å². The summed E-state index contributed by atoms with van der Waals surface area (Å²) in [6.07, 6.45) is 3.44. The standard InChI is InChI=1S/C19H37NO5Si/c1-10-23-16(21)15(20-17(22)25-18(2,3)4)13-11-12-14-24-26(8,9)19(5,6)7/h11,13,15H,10,12,14H2,1-9H3,(H,20,22)/b13-11+/t15-/m0/s1. The van der Waals surface area contributed by atoms with Gasteiger partial charge in [-0.25, -0.2) is 9.59 Å². The highest BCUT2D eigenvalue weighted by atomic mass is 28.4. The van der Waals surface area contributed by atoms with Crippen LogP contribution in [0.2, 0.25) is 18.1 Å². The van der Waals surface area contributed by atoms with Crippen LogP contribution < -0.4 is 5.32 Å². The Morgan fingerprint density at radius 3 is 2.15 bits per heavy atom. The second-order valence-electron chi connectivity index (χ2n) is 8.70. The lowest BCUT2D eigenvalue weighted by atomic mass is 10.2. The Morgan fingerprint density at radius 1 is 1.12 bits per heavy atom. The third-order valence-corrected chi connectivity index (χ3v) is 8.63. The van der Waals surface area contributed by atoms with E-state index in [-0.39, 0.29) is 11.6 Å². The first kappa shape index (κ1) is 24.7. The molecule has 6 nitrogen and oxygen atoms in total. The highest BCUT2D eigenvalue weighted by Gasteiger charge is 2.36. The SMILES string of the molecule is CCOC(=O)[C@H](/C=C/CCO[Si](C)(C)C(C)(C)C)NC(=O)OC(C)(C)C. The molecule has 0 spiro atoms. The molecular weight excluding hydrogens is 350 g/mol. The largest absolute Gasteiger partial charge is 0.464 e. The second-order valence-corrected chi connectivity index (χ2v) is 13.5. The smallest absolute Gasteiger partial charge is 0.408 e. The average molecular weight is 388 g/mol. The average Bonchev–Trinajstić information content (AvgIpc) is 2.42. The molecule has 0 aromatic heterocycles. The molecule has 0 saturated heterocycles. The Bertz CT molecular complexity index is 489. The van der Waals surface area contributed by atoms with Crippen molar-refractivity contribution >= 4 is 20.4 Å². The Labute approximate surface area is 159 Å². The summed E-state index contributed by atoms with van der Waals surface area (Å²) in [7, 11) is -1.78. The number of alkyl carbamates (subject to hydrolysis) is 1. The summed E-state index contributed by atoms with van der Waals surface area (Å²) in [5.74, 6) is -0.514. The molecule has 1 atom stereocenters. The minimum absolute atomic E-state index is 0.155. The van der Waals surface area contributed by atoms with E-state index in [1.165, 1.54) is 0 Å². The van der Waals surface area contributed by atoms with Crippen LogP contribution in [0.4, 0.5) is 4.79 Å². The van der Waals surface area contributed by atoms with Gasteiger partial charge in [-0.05, 0) is 52.2 Å². The van der Waals surface area contributed by atoms with E-state index in [1.807, 2.05) is 6.08 Å². The molecule has 152 valence electrons. The minimum atomic E-state index is -1.78. The van der Waals surface area contributed by atoms with Crippen LogP contribution in [-0.4, -0.2) is 45.2 Å². The Kier molecular flexibility index (Phi) is 9.59. The molecule has 0 saturated carbocycles. The number of nitrogens with one attached hydrogen (secondary N) is 1. The predicted molar refractivity (Wildman–Crippen MR) is 107 cm³/mol. The van der Waals surface area contributed by atoms with E-state index in [0.29, 0.717) is 13.0 Å². The molecule has 7 heteroatoms. The normalized spacial score (nSPS) is 14.2. The van der Waals surface area contributed by atoms with Gasteiger partial charge >= 0.3 is 12.1 Å². The zero-order valence-corrected chi connectivity index (χ0v) is 18.9. The van der Waals surface area contributed by atoms with Crippen LogP contribution in [0.25, 0.3) is 0 Å². The molecule has 26 heavy (non-hydrogen) atoms. The van der Waals surface area contributed by atoms with Crippen LogP contribution in [0.15, 0.2) is 12.2 Å². The van der Waals surface area contributed by atoms with Gasteiger partial charge in [-0.1, -0.05) is 32.9 Å². The highest BCUT2D eigenvalue weighted by Crippen LogP contribution is 2.36. The third-order valence-electron chi connectivity index (χ3n) is 4.09. The number of rotatable bonds is 8. The molecule has 0 heterocycles. The maximum Gasteiger partial charge on any atom is 0.408 e. The Morgan fingerprint density at radius 2 is 1.69 bits per heavy atom. The van der Waals surface area contributed by atoms with E-state index < -0.39 is 32.0 Å². The van der Waals surface area contributed by atoms with Crippen LogP contribution >= 0.6 is 0 Å². The van der Waals surface area contributed by atoms with Crippen molar-refractivity contribution in [3.63, 3.8) is 0 Å². The molecule has 0 fully saturated rings. The molecule has 0 aliphatic heterocycles. The molecule has 0 aliphatic carbocycles. The Hall–Kier alpha value is -1.34. The molecule has 0 rings (SSSR count). The van der Waals surface area contributed by atoms with E-state index in [2.05, 4.69) is 39.2 Å². The molecule has 0 aromatic rings. The Balaban J connectivity index is 4.71. The van der Waals surface area contributed by atoms with Gasteiger partial charge in [0.25, 0.3) is 0 Å². The van der Waals surface area contributed by atoms with Crippen LogP contribution in [0.5, 0.6) is 0 Å². The van der Waals surface area contributed by atoms with Gasteiger partial charge in [-0.15, -0.1) is 0 Å². The van der Waals surface area contributed by atoms with Gasteiger partial charge in [-0.2, -0.15) is 0 Å². The molecule has 1 amide bonds. The van der Waals surface area contributed by atoms with Crippen molar-refractivity contribution in [3.05, 3.63) is 12.2 Å². The van der Waals surface area contributed by atoms with Crippen molar-refractivity contribution in [2.75, 3.05) is 13.2 Å². The van der Waals surface area contributed by atoms with Crippen LogP contribution in [0, 0.1) is 0 Å². The molecule has 0 radical (unpaired) electrons. The van der Waals surface area contributed by atoms with Crippen molar-refractivity contribution in [2.24, 2.45) is 0 Å². The van der Waals surface area contributed by atoms with Crippen molar-refractivity contribution in [1.29, 1.82) is 0 Å². The summed E-state index contributed by atoms with van der Waals surface area (Å²) in [5, 5.41) is 2.69. The lowest BCUT2D eigenvalue weighted by molar-refractivity contribution is -0.144. The summed E-state index contributed by atoms with van der Waals surface area (Å²) in [5.41, 5.74) is -0.635. The minimum Gasteiger partial charge on any atom is -0.464 e. The van der Waals surface area contributed by atoms with Crippen LogP contribution in [0.1, 0.15) is 54.9 Å². The first-order valence-corrected chi connectivity index (χ1v) is 12.1. The van der Waals surface area contributed by atoms with Crippen LogP contribution in [0.3, 0.4) is 0 Å². The summed E-state index contributed by atoms with van der Waals surface area (Å²) in [4.78, 5) is 23.9. The van der Waals surface area contributed by atoms with Crippen molar-refractivity contribution in [1.82, 2.24) is 5.32 Å². The zero-order chi connectivity index (χ0) is 20.6. The quantitative estimate of drug-likeness (QED) is 0.289. The number of esters is 1. The van der Waals surface area contributed by atoms with E-state index in [4.69, 9.17) is 13.9 Å². The zero-order valence-electron chi connectivity index (χ0n) is 17.9. The molecule has 0 aromatic carbocycles.